The van der Waals surface area contributed by atoms with Gasteiger partial charge in [-0.05, 0) is 31.4 Å². The highest BCUT2D eigenvalue weighted by molar-refractivity contribution is 4.99. The third-order valence-electron chi connectivity index (χ3n) is 2.91. The van der Waals surface area contributed by atoms with Crippen molar-refractivity contribution in [2.45, 2.75) is 44.3 Å². The van der Waals surface area contributed by atoms with E-state index in [1.807, 2.05) is 12.1 Å². The van der Waals surface area contributed by atoms with Crippen LogP contribution in [-0.2, 0) is 6.54 Å². The molecule has 0 aromatic carbocycles. The molecule has 1 aliphatic rings. The topological polar surface area (TPSA) is 63.8 Å². The van der Waals surface area contributed by atoms with Crippen LogP contribution < -0.4 is 11.1 Å². The van der Waals surface area contributed by atoms with Crippen molar-refractivity contribution >= 4 is 0 Å². The Hall–Kier alpha value is -1.00. The molecule has 1 aromatic heterocycles. The van der Waals surface area contributed by atoms with E-state index in [-0.39, 0.29) is 0 Å². The summed E-state index contributed by atoms with van der Waals surface area (Å²) in [5, 5.41) is 11.4. The fourth-order valence-corrected chi connectivity index (χ4v) is 2.09. The molecule has 0 radical (unpaired) electrons. The third-order valence-corrected chi connectivity index (χ3v) is 2.91. The van der Waals surface area contributed by atoms with Gasteiger partial charge in [-0.25, -0.2) is 0 Å². The second-order valence-electron chi connectivity index (χ2n) is 4.22. The van der Waals surface area contributed by atoms with E-state index in [1.54, 1.807) is 6.20 Å². The summed E-state index contributed by atoms with van der Waals surface area (Å²) >= 11 is 0. The van der Waals surface area contributed by atoms with E-state index in [4.69, 9.17) is 5.73 Å². The van der Waals surface area contributed by atoms with Crippen molar-refractivity contribution in [3.63, 3.8) is 0 Å². The number of nitrogens with one attached hydrogen (secondary N) is 1. The van der Waals surface area contributed by atoms with Crippen LogP contribution in [0.3, 0.4) is 0 Å². The zero-order valence-electron chi connectivity index (χ0n) is 8.89. The van der Waals surface area contributed by atoms with Gasteiger partial charge in [-0.3, -0.25) is 0 Å². The zero-order valence-corrected chi connectivity index (χ0v) is 8.89. The van der Waals surface area contributed by atoms with Crippen molar-refractivity contribution in [2.75, 3.05) is 0 Å². The quantitative estimate of drug-likeness (QED) is 0.769. The Labute approximate surface area is 90.3 Å². The molecule has 4 heteroatoms. The second kappa shape index (κ2) is 5.19. The van der Waals surface area contributed by atoms with Crippen LogP contribution in [-0.4, -0.2) is 22.3 Å². The van der Waals surface area contributed by atoms with Crippen molar-refractivity contribution in [2.24, 2.45) is 5.73 Å². The first kappa shape index (κ1) is 10.5. The van der Waals surface area contributed by atoms with Gasteiger partial charge in [-0.15, -0.1) is 0 Å². The molecule has 0 aliphatic heterocycles. The molecule has 1 aliphatic carbocycles. The molecule has 0 spiro atoms. The van der Waals surface area contributed by atoms with Gasteiger partial charge in [0.05, 0.1) is 5.69 Å². The Bertz CT molecular complexity index is 288. The Balaban J connectivity index is 1.78. The van der Waals surface area contributed by atoms with Gasteiger partial charge in [0.2, 0.25) is 0 Å². The molecular formula is C11H18N4. The summed E-state index contributed by atoms with van der Waals surface area (Å²) in [6.07, 6.45) is 6.41. The van der Waals surface area contributed by atoms with E-state index in [9.17, 15) is 0 Å². The highest BCUT2D eigenvalue weighted by Crippen LogP contribution is 2.16. The second-order valence-corrected chi connectivity index (χ2v) is 4.22. The van der Waals surface area contributed by atoms with Crippen molar-refractivity contribution < 1.29 is 0 Å². The predicted octanol–water partition coefficient (Wildman–Crippen LogP) is 0.836. The summed E-state index contributed by atoms with van der Waals surface area (Å²) in [5.41, 5.74) is 6.92. The number of aromatic nitrogens is 2. The van der Waals surface area contributed by atoms with E-state index >= 15 is 0 Å². The summed E-state index contributed by atoms with van der Waals surface area (Å²) in [6.45, 7) is 0.797. The number of hydrogen-bond donors (Lipinski definition) is 2. The lowest BCUT2D eigenvalue weighted by Gasteiger charge is -2.27. The molecule has 15 heavy (non-hydrogen) atoms. The normalized spacial score (nSPS) is 26.5. The number of nitrogens with two attached hydrogens (primary N) is 1. The molecule has 1 saturated carbocycles. The summed E-state index contributed by atoms with van der Waals surface area (Å²) in [4.78, 5) is 0. The van der Waals surface area contributed by atoms with Gasteiger partial charge in [0.15, 0.2) is 0 Å². The summed E-state index contributed by atoms with van der Waals surface area (Å²) in [6, 6.07) is 4.83. The third kappa shape index (κ3) is 3.25. The SMILES string of the molecule is NC1CCCC(NCc2cccnn2)C1. The standard InChI is InChI=1S/C11H18N4/c12-9-3-1-4-10(7-9)13-8-11-5-2-6-14-15-11/h2,5-6,9-10,13H,1,3-4,7-8,12H2. The van der Waals surface area contributed by atoms with Gasteiger partial charge in [-0.1, -0.05) is 6.42 Å². The fourth-order valence-electron chi connectivity index (χ4n) is 2.09. The average Bonchev–Trinajstić information content (AvgIpc) is 2.28. The van der Waals surface area contributed by atoms with Crippen LogP contribution in [0.2, 0.25) is 0 Å². The minimum Gasteiger partial charge on any atom is -0.328 e. The molecule has 0 bridgehead atoms. The van der Waals surface area contributed by atoms with Crippen LogP contribution in [0.25, 0.3) is 0 Å². The van der Waals surface area contributed by atoms with Gasteiger partial charge in [0.25, 0.3) is 0 Å². The van der Waals surface area contributed by atoms with Crippen LogP contribution >= 0.6 is 0 Å². The molecule has 82 valence electrons. The van der Waals surface area contributed by atoms with Crippen molar-refractivity contribution in [1.29, 1.82) is 0 Å². The highest BCUT2D eigenvalue weighted by atomic mass is 15.1. The molecule has 2 rings (SSSR count). The first-order chi connectivity index (χ1) is 7.34. The monoisotopic (exact) mass is 206 g/mol. The van der Waals surface area contributed by atoms with Crippen LogP contribution in [0, 0.1) is 0 Å². The molecule has 4 nitrogen and oxygen atoms in total. The number of hydrogen-bond acceptors (Lipinski definition) is 4. The first-order valence-electron chi connectivity index (χ1n) is 5.60. The first-order valence-corrected chi connectivity index (χ1v) is 5.60. The maximum absolute atomic E-state index is 5.93. The molecule has 1 heterocycles. The Morgan fingerprint density at radius 2 is 2.40 bits per heavy atom. The largest absolute Gasteiger partial charge is 0.328 e. The zero-order chi connectivity index (χ0) is 10.5. The lowest BCUT2D eigenvalue weighted by atomic mass is 9.91. The minimum atomic E-state index is 0.373. The van der Waals surface area contributed by atoms with Crippen molar-refractivity contribution in [3.8, 4) is 0 Å². The van der Waals surface area contributed by atoms with E-state index in [0.717, 1.165) is 18.7 Å². The molecule has 3 N–H and O–H groups in total. The van der Waals surface area contributed by atoms with Gasteiger partial charge in [-0.2, -0.15) is 10.2 Å². The van der Waals surface area contributed by atoms with Crippen LogP contribution in [0.1, 0.15) is 31.4 Å². The Morgan fingerprint density at radius 3 is 3.13 bits per heavy atom. The van der Waals surface area contributed by atoms with E-state index in [2.05, 4.69) is 15.5 Å². The van der Waals surface area contributed by atoms with E-state index in [1.165, 1.54) is 19.3 Å². The molecule has 2 atom stereocenters. The van der Waals surface area contributed by atoms with Crippen LogP contribution in [0.4, 0.5) is 0 Å². The van der Waals surface area contributed by atoms with Gasteiger partial charge in [0, 0.05) is 24.8 Å². The van der Waals surface area contributed by atoms with Gasteiger partial charge in [0.1, 0.15) is 0 Å². The van der Waals surface area contributed by atoms with Crippen molar-refractivity contribution in [3.05, 3.63) is 24.0 Å². The van der Waals surface area contributed by atoms with E-state index in [0.29, 0.717) is 12.1 Å². The fraction of sp³-hybridized carbons (Fsp3) is 0.636. The van der Waals surface area contributed by atoms with E-state index < -0.39 is 0 Å². The van der Waals surface area contributed by atoms with Crippen LogP contribution in [0.15, 0.2) is 18.3 Å². The summed E-state index contributed by atoms with van der Waals surface area (Å²) < 4.78 is 0. The number of nitrogens with zero attached hydrogens (tertiary/aromatic N) is 2. The highest BCUT2D eigenvalue weighted by Gasteiger charge is 2.18. The smallest absolute Gasteiger partial charge is 0.0769 e. The maximum Gasteiger partial charge on any atom is 0.0769 e. The molecule has 0 saturated heterocycles. The summed E-state index contributed by atoms with van der Waals surface area (Å²) in [7, 11) is 0. The predicted molar refractivity (Wildman–Crippen MR) is 59.1 cm³/mol. The van der Waals surface area contributed by atoms with Gasteiger partial charge < -0.3 is 11.1 Å². The minimum absolute atomic E-state index is 0.373. The average molecular weight is 206 g/mol. The van der Waals surface area contributed by atoms with Gasteiger partial charge >= 0.3 is 0 Å². The molecular weight excluding hydrogens is 188 g/mol. The molecule has 1 fully saturated rings. The Morgan fingerprint density at radius 1 is 1.47 bits per heavy atom. The molecule has 0 amide bonds. The van der Waals surface area contributed by atoms with Crippen molar-refractivity contribution in [1.82, 2.24) is 15.5 Å². The molecule has 1 aromatic rings. The Kier molecular flexibility index (Phi) is 3.64. The lowest BCUT2D eigenvalue weighted by Crippen LogP contribution is -2.39. The van der Waals surface area contributed by atoms with Crippen LogP contribution in [0.5, 0.6) is 0 Å². The molecule has 2 unspecified atom stereocenters. The summed E-state index contributed by atoms with van der Waals surface area (Å²) in [5.74, 6) is 0. The number of rotatable bonds is 3. The lowest BCUT2D eigenvalue weighted by molar-refractivity contribution is 0.337. The maximum atomic E-state index is 5.93.